The molecular formula is C28H35Cl3N2O6. The Labute approximate surface area is 244 Å². The van der Waals surface area contributed by atoms with Gasteiger partial charge < -0.3 is 29.9 Å². The van der Waals surface area contributed by atoms with Crippen LogP contribution in [0.3, 0.4) is 0 Å². The molecule has 1 amide bonds. The van der Waals surface area contributed by atoms with Crippen LogP contribution in [0.15, 0.2) is 30.3 Å². The number of ether oxygens (including phenoxy) is 2. The van der Waals surface area contributed by atoms with E-state index in [2.05, 4.69) is 10.2 Å². The molecule has 39 heavy (non-hydrogen) atoms. The van der Waals surface area contributed by atoms with Crippen LogP contribution in [0, 0.1) is 12.3 Å². The van der Waals surface area contributed by atoms with Gasteiger partial charge in [0.2, 0.25) is 0 Å². The van der Waals surface area contributed by atoms with E-state index in [0.29, 0.717) is 16.6 Å². The molecule has 214 valence electrons. The first kappa shape index (κ1) is 31.3. The van der Waals surface area contributed by atoms with Crippen LogP contribution in [-0.2, 0) is 4.79 Å². The fourth-order valence-electron chi connectivity index (χ4n) is 4.29. The summed E-state index contributed by atoms with van der Waals surface area (Å²) in [6.45, 7) is 9.03. The van der Waals surface area contributed by atoms with E-state index in [1.807, 2.05) is 13.0 Å². The van der Waals surface area contributed by atoms with Crippen molar-refractivity contribution >= 4 is 46.7 Å². The number of carboxylic acids is 1. The minimum atomic E-state index is -1.15. The predicted octanol–water partition coefficient (Wildman–Crippen LogP) is 5.47. The number of aliphatic carboxylic acids is 1. The highest BCUT2D eigenvalue weighted by Crippen LogP contribution is 2.34. The summed E-state index contributed by atoms with van der Waals surface area (Å²) in [5.41, 5.74) is 0.365. The van der Waals surface area contributed by atoms with E-state index >= 15 is 0 Å². The van der Waals surface area contributed by atoms with Gasteiger partial charge in [0.1, 0.15) is 17.6 Å². The topological polar surface area (TPSA) is 108 Å². The van der Waals surface area contributed by atoms with Gasteiger partial charge in [-0.15, -0.1) is 0 Å². The number of aliphatic hydroxyl groups excluding tert-OH is 1. The summed E-state index contributed by atoms with van der Waals surface area (Å²) >= 11 is 18.5. The number of rotatable bonds is 10. The minimum Gasteiger partial charge on any atom is -0.490 e. The number of nitrogens with zero attached hydrogens (tertiary/aromatic N) is 1. The van der Waals surface area contributed by atoms with Crippen LogP contribution < -0.4 is 14.8 Å². The fourth-order valence-corrected chi connectivity index (χ4v) is 4.81. The number of hydrogen-bond donors (Lipinski definition) is 3. The molecule has 0 aromatic heterocycles. The van der Waals surface area contributed by atoms with Gasteiger partial charge in [-0.05, 0) is 50.1 Å². The van der Waals surface area contributed by atoms with Gasteiger partial charge in [0.25, 0.3) is 5.91 Å². The van der Waals surface area contributed by atoms with Crippen molar-refractivity contribution in [2.45, 2.75) is 58.8 Å². The lowest BCUT2D eigenvalue weighted by Gasteiger charge is -2.33. The third kappa shape index (κ3) is 8.63. The summed E-state index contributed by atoms with van der Waals surface area (Å²) in [5.74, 6) is -0.731. The highest BCUT2D eigenvalue weighted by molar-refractivity contribution is 6.42. The van der Waals surface area contributed by atoms with Crippen LogP contribution in [0.1, 0.15) is 49.5 Å². The first-order valence-corrected chi connectivity index (χ1v) is 13.9. The van der Waals surface area contributed by atoms with Crippen LogP contribution in [0.4, 0.5) is 0 Å². The number of amides is 1. The molecule has 0 radical (unpaired) electrons. The van der Waals surface area contributed by atoms with E-state index in [4.69, 9.17) is 44.3 Å². The number of carbonyl (C=O) groups is 2. The lowest BCUT2D eigenvalue weighted by Crippen LogP contribution is -2.45. The quantitative estimate of drug-likeness (QED) is 0.332. The Morgan fingerprint density at radius 2 is 1.72 bits per heavy atom. The summed E-state index contributed by atoms with van der Waals surface area (Å²) < 4.78 is 11.8. The number of β-amino-alcohol motifs (C(OH)–C–C–N with tert-alkyl or cyclic N) is 1. The highest BCUT2D eigenvalue weighted by Gasteiger charge is 2.34. The van der Waals surface area contributed by atoms with E-state index in [0.717, 1.165) is 37.2 Å². The zero-order valence-electron chi connectivity index (χ0n) is 22.5. The van der Waals surface area contributed by atoms with Gasteiger partial charge in [0, 0.05) is 42.7 Å². The summed E-state index contributed by atoms with van der Waals surface area (Å²) in [6.07, 6.45) is -0.313. The standard InChI is InChI=1S/C28H35Cl3N2O6/c1-16-22(8-7-21(30)24(16)31)38-19-9-11-33(12-10-19)15-18(34)14-32-26(35)17-5-6-20(29)23(13-17)39-25(27(36)37)28(2,3)4/h5-8,13,18-19,25,34H,9-12,14-15H2,1-4H3,(H,32,35)(H,36,37)/t18-,25?/m1/s1. The summed E-state index contributed by atoms with van der Waals surface area (Å²) in [6, 6.07) is 7.96. The maximum Gasteiger partial charge on any atom is 0.345 e. The second-order valence-corrected chi connectivity index (χ2v) is 12.0. The van der Waals surface area contributed by atoms with Crippen molar-refractivity contribution in [1.82, 2.24) is 10.2 Å². The molecule has 3 N–H and O–H groups in total. The lowest BCUT2D eigenvalue weighted by atomic mass is 9.89. The van der Waals surface area contributed by atoms with Crippen LogP contribution >= 0.6 is 34.8 Å². The molecule has 1 heterocycles. The highest BCUT2D eigenvalue weighted by atomic mass is 35.5. The molecule has 1 aliphatic heterocycles. The second kappa shape index (κ2) is 13.4. The molecule has 1 aliphatic rings. The molecule has 2 atom stereocenters. The average molecular weight is 602 g/mol. The van der Waals surface area contributed by atoms with Gasteiger partial charge in [-0.3, -0.25) is 4.79 Å². The predicted molar refractivity (Wildman–Crippen MR) is 153 cm³/mol. The first-order chi connectivity index (χ1) is 18.3. The molecule has 0 bridgehead atoms. The largest absolute Gasteiger partial charge is 0.490 e. The number of carbonyl (C=O) groups excluding carboxylic acids is 1. The maximum atomic E-state index is 12.7. The Kier molecular flexibility index (Phi) is 10.8. The molecular weight excluding hydrogens is 567 g/mol. The normalized spacial score (nSPS) is 16.4. The zero-order chi connectivity index (χ0) is 28.9. The number of likely N-dealkylation sites (tertiary alicyclic amines) is 1. The third-order valence-corrected chi connectivity index (χ3v) is 7.75. The molecule has 3 rings (SSSR count). The Hall–Kier alpha value is -2.23. The minimum absolute atomic E-state index is 0.0364. The number of carboxylic acid groups (broad SMARTS) is 1. The van der Waals surface area contributed by atoms with Crippen LogP contribution in [0.5, 0.6) is 11.5 Å². The van der Waals surface area contributed by atoms with E-state index < -0.39 is 29.5 Å². The number of aliphatic hydroxyl groups is 1. The van der Waals surface area contributed by atoms with Gasteiger partial charge in [0.15, 0.2) is 6.10 Å². The van der Waals surface area contributed by atoms with Crippen molar-refractivity contribution in [2.75, 3.05) is 26.2 Å². The van der Waals surface area contributed by atoms with E-state index in [-0.39, 0.29) is 29.0 Å². The molecule has 2 aromatic carbocycles. The molecule has 1 fully saturated rings. The number of nitrogens with one attached hydrogen (secondary N) is 1. The number of benzene rings is 2. The smallest absolute Gasteiger partial charge is 0.345 e. The van der Waals surface area contributed by atoms with Gasteiger partial charge in [-0.1, -0.05) is 55.6 Å². The molecule has 8 nitrogen and oxygen atoms in total. The van der Waals surface area contributed by atoms with Crippen LogP contribution in [0.2, 0.25) is 15.1 Å². The average Bonchev–Trinajstić information content (AvgIpc) is 2.87. The second-order valence-electron chi connectivity index (χ2n) is 10.8. The molecule has 1 unspecified atom stereocenters. The fraction of sp³-hybridized carbons (Fsp3) is 0.500. The Morgan fingerprint density at radius 1 is 1.08 bits per heavy atom. The Morgan fingerprint density at radius 3 is 2.33 bits per heavy atom. The number of halogens is 3. The molecule has 11 heteroatoms. The summed E-state index contributed by atoms with van der Waals surface area (Å²) in [5, 5.41) is 24.0. The van der Waals surface area contributed by atoms with Gasteiger partial charge >= 0.3 is 5.97 Å². The summed E-state index contributed by atoms with van der Waals surface area (Å²) in [4.78, 5) is 26.5. The zero-order valence-corrected chi connectivity index (χ0v) is 24.7. The van der Waals surface area contributed by atoms with E-state index in [9.17, 15) is 19.8 Å². The molecule has 2 aromatic rings. The van der Waals surface area contributed by atoms with Gasteiger partial charge in [-0.2, -0.15) is 0 Å². The maximum absolute atomic E-state index is 12.7. The molecule has 0 aliphatic carbocycles. The molecule has 1 saturated heterocycles. The van der Waals surface area contributed by atoms with Gasteiger partial charge in [-0.25, -0.2) is 4.79 Å². The Balaban J connectivity index is 1.48. The SMILES string of the molecule is Cc1c(OC2CCN(C[C@H](O)CNC(=O)c3ccc(Cl)c(OC(C(=O)O)C(C)(C)C)c3)CC2)ccc(Cl)c1Cl. The summed E-state index contributed by atoms with van der Waals surface area (Å²) in [7, 11) is 0. The van der Waals surface area contributed by atoms with E-state index in [1.54, 1.807) is 26.8 Å². The lowest BCUT2D eigenvalue weighted by molar-refractivity contribution is -0.150. The third-order valence-electron chi connectivity index (χ3n) is 6.53. The van der Waals surface area contributed by atoms with Gasteiger partial charge in [0.05, 0.1) is 21.2 Å². The van der Waals surface area contributed by atoms with Crippen molar-refractivity contribution in [3.05, 3.63) is 56.5 Å². The molecule has 0 spiro atoms. The monoisotopic (exact) mass is 600 g/mol. The van der Waals surface area contributed by atoms with Crippen molar-refractivity contribution < 1.29 is 29.3 Å². The van der Waals surface area contributed by atoms with E-state index in [1.165, 1.54) is 18.2 Å². The Bertz CT molecular complexity index is 1180. The van der Waals surface area contributed by atoms with Crippen molar-refractivity contribution in [3.8, 4) is 11.5 Å². The van der Waals surface area contributed by atoms with Crippen LogP contribution in [0.25, 0.3) is 0 Å². The molecule has 0 saturated carbocycles. The van der Waals surface area contributed by atoms with Crippen molar-refractivity contribution in [1.29, 1.82) is 0 Å². The van der Waals surface area contributed by atoms with Crippen LogP contribution in [-0.4, -0.2) is 71.5 Å². The number of piperidine rings is 1. The number of hydrogen-bond acceptors (Lipinski definition) is 6. The van der Waals surface area contributed by atoms with Crippen molar-refractivity contribution in [2.24, 2.45) is 5.41 Å². The van der Waals surface area contributed by atoms with Crippen molar-refractivity contribution in [3.63, 3.8) is 0 Å². The first-order valence-electron chi connectivity index (χ1n) is 12.7.